The second-order valence-electron chi connectivity index (χ2n) is 4.85. The first-order chi connectivity index (χ1) is 8.66. The third kappa shape index (κ3) is 1.68. The lowest BCUT2D eigenvalue weighted by Crippen LogP contribution is -2.08. The van der Waals surface area contributed by atoms with E-state index >= 15 is 0 Å². The van der Waals surface area contributed by atoms with Gasteiger partial charge in [0.15, 0.2) is 0 Å². The molecular formula is C14H16FN3. The molecule has 0 aliphatic heterocycles. The zero-order valence-corrected chi connectivity index (χ0v) is 10.5. The number of nitrogens with one attached hydrogen (secondary N) is 2. The van der Waals surface area contributed by atoms with Crippen molar-refractivity contribution in [2.45, 2.75) is 32.7 Å². The van der Waals surface area contributed by atoms with Gasteiger partial charge in [-0.15, -0.1) is 0 Å². The lowest BCUT2D eigenvalue weighted by molar-refractivity contribution is 0.612. The summed E-state index contributed by atoms with van der Waals surface area (Å²) in [6.07, 6.45) is 1.73. The minimum Gasteiger partial charge on any atom is -0.375 e. The van der Waals surface area contributed by atoms with Gasteiger partial charge in [0, 0.05) is 0 Å². The molecule has 3 nitrogen and oxygen atoms in total. The van der Waals surface area contributed by atoms with Crippen molar-refractivity contribution in [3.63, 3.8) is 0 Å². The summed E-state index contributed by atoms with van der Waals surface area (Å²) >= 11 is 0. The number of anilines is 1. The molecule has 94 valence electrons. The molecule has 4 heteroatoms. The van der Waals surface area contributed by atoms with E-state index in [1.54, 1.807) is 6.07 Å². The zero-order valence-electron chi connectivity index (χ0n) is 10.5. The minimum atomic E-state index is -0.0857. The van der Waals surface area contributed by atoms with Gasteiger partial charge in [-0.3, -0.25) is 5.10 Å². The highest BCUT2D eigenvalue weighted by molar-refractivity contribution is 5.54. The van der Waals surface area contributed by atoms with Gasteiger partial charge in [0.05, 0.1) is 23.1 Å². The molecule has 0 saturated carbocycles. The van der Waals surface area contributed by atoms with Gasteiger partial charge in [-0.05, 0) is 43.9 Å². The number of aryl methyl sites for hydroxylation is 2. The van der Waals surface area contributed by atoms with E-state index in [-0.39, 0.29) is 11.9 Å². The molecule has 0 fully saturated rings. The van der Waals surface area contributed by atoms with E-state index in [1.807, 2.05) is 19.9 Å². The summed E-state index contributed by atoms with van der Waals surface area (Å²) in [5, 5.41) is 10.6. The number of halogens is 1. The van der Waals surface area contributed by atoms with Gasteiger partial charge in [0.2, 0.25) is 0 Å². The summed E-state index contributed by atoms with van der Waals surface area (Å²) in [7, 11) is 0. The van der Waals surface area contributed by atoms with E-state index in [9.17, 15) is 4.39 Å². The predicted molar refractivity (Wildman–Crippen MR) is 69.1 cm³/mol. The molecule has 18 heavy (non-hydrogen) atoms. The topological polar surface area (TPSA) is 40.7 Å². The number of hydrogen-bond acceptors (Lipinski definition) is 2. The van der Waals surface area contributed by atoms with Gasteiger partial charge in [0.25, 0.3) is 0 Å². The van der Waals surface area contributed by atoms with Crippen molar-refractivity contribution >= 4 is 5.69 Å². The third-order valence-electron chi connectivity index (χ3n) is 3.66. The quantitative estimate of drug-likeness (QED) is 0.852. The summed E-state index contributed by atoms with van der Waals surface area (Å²) < 4.78 is 13.7. The predicted octanol–water partition coefficient (Wildman–Crippen LogP) is 3.27. The van der Waals surface area contributed by atoms with Gasteiger partial charge >= 0.3 is 0 Å². The Balaban J connectivity index is 1.92. The monoisotopic (exact) mass is 245 g/mol. The number of fused-ring (bicyclic) bond motifs is 1. The van der Waals surface area contributed by atoms with Crippen molar-refractivity contribution in [2.75, 3.05) is 5.32 Å². The Kier molecular flexibility index (Phi) is 2.58. The molecular weight excluding hydrogens is 229 g/mol. The molecule has 1 unspecified atom stereocenters. The first-order valence-corrected chi connectivity index (χ1v) is 6.22. The summed E-state index contributed by atoms with van der Waals surface area (Å²) in [4.78, 5) is 0. The third-order valence-corrected chi connectivity index (χ3v) is 3.66. The molecule has 1 aromatic heterocycles. The second-order valence-corrected chi connectivity index (χ2v) is 4.85. The SMILES string of the molecule is Cc1n[nH]c(C)c1NC1CCc2c(F)cccc21. The molecule has 2 aromatic rings. The fourth-order valence-electron chi connectivity index (χ4n) is 2.70. The van der Waals surface area contributed by atoms with Crippen LogP contribution in [0.25, 0.3) is 0 Å². The maximum absolute atomic E-state index is 13.7. The zero-order chi connectivity index (χ0) is 12.7. The van der Waals surface area contributed by atoms with Crippen LogP contribution in [0.3, 0.4) is 0 Å². The van der Waals surface area contributed by atoms with Gasteiger partial charge in [-0.25, -0.2) is 4.39 Å². The fraction of sp³-hybridized carbons (Fsp3) is 0.357. The normalized spacial score (nSPS) is 17.8. The van der Waals surface area contributed by atoms with Crippen LogP contribution in [0.4, 0.5) is 10.1 Å². The molecule has 2 N–H and O–H groups in total. The van der Waals surface area contributed by atoms with Crippen molar-refractivity contribution in [2.24, 2.45) is 0 Å². The van der Waals surface area contributed by atoms with E-state index < -0.39 is 0 Å². The fourth-order valence-corrected chi connectivity index (χ4v) is 2.70. The van der Waals surface area contributed by atoms with Gasteiger partial charge in [0.1, 0.15) is 5.82 Å². The van der Waals surface area contributed by atoms with Crippen LogP contribution in [-0.4, -0.2) is 10.2 Å². The maximum Gasteiger partial charge on any atom is 0.126 e. The van der Waals surface area contributed by atoms with Crippen molar-refractivity contribution in [3.8, 4) is 0 Å². The number of H-pyrrole nitrogens is 1. The second kappa shape index (κ2) is 4.12. The molecule has 1 aliphatic carbocycles. The lowest BCUT2D eigenvalue weighted by Gasteiger charge is -2.15. The standard InChI is InChI=1S/C14H16FN3/c1-8-14(9(2)18-17-8)16-13-7-6-10-11(13)4-3-5-12(10)15/h3-5,13,16H,6-7H2,1-2H3,(H,17,18). The van der Waals surface area contributed by atoms with Crippen molar-refractivity contribution < 1.29 is 4.39 Å². The van der Waals surface area contributed by atoms with Gasteiger partial charge in [-0.2, -0.15) is 5.10 Å². The first-order valence-electron chi connectivity index (χ1n) is 6.22. The Labute approximate surface area is 105 Å². The number of hydrogen-bond donors (Lipinski definition) is 2. The van der Waals surface area contributed by atoms with Crippen molar-refractivity contribution in [1.29, 1.82) is 0 Å². The summed E-state index contributed by atoms with van der Waals surface area (Å²) in [6.45, 7) is 3.96. The first kappa shape index (κ1) is 11.3. The molecule has 0 bridgehead atoms. The highest BCUT2D eigenvalue weighted by atomic mass is 19.1. The summed E-state index contributed by atoms with van der Waals surface area (Å²) in [6, 6.07) is 5.51. The summed E-state index contributed by atoms with van der Waals surface area (Å²) in [5.74, 6) is -0.0857. The smallest absolute Gasteiger partial charge is 0.126 e. The van der Waals surface area contributed by atoms with Crippen LogP contribution < -0.4 is 5.32 Å². The molecule has 1 atom stereocenters. The van der Waals surface area contributed by atoms with Crippen LogP contribution in [0.5, 0.6) is 0 Å². The lowest BCUT2D eigenvalue weighted by atomic mass is 10.1. The van der Waals surface area contributed by atoms with Crippen LogP contribution in [0.1, 0.15) is 35.0 Å². The van der Waals surface area contributed by atoms with E-state index in [0.717, 1.165) is 41.0 Å². The Morgan fingerprint density at radius 2 is 2.22 bits per heavy atom. The Bertz CT molecular complexity index is 569. The highest BCUT2D eigenvalue weighted by Gasteiger charge is 2.25. The van der Waals surface area contributed by atoms with Crippen LogP contribution >= 0.6 is 0 Å². The summed E-state index contributed by atoms with van der Waals surface area (Å²) in [5.41, 5.74) is 4.95. The average Bonchev–Trinajstić information content (AvgIpc) is 2.89. The molecule has 0 radical (unpaired) electrons. The van der Waals surface area contributed by atoms with E-state index in [0.29, 0.717) is 0 Å². The van der Waals surface area contributed by atoms with E-state index in [2.05, 4.69) is 15.5 Å². The van der Waals surface area contributed by atoms with Crippen molar-refractivity contribution in [3.05, 3.63) is 46.5 Å². The number of nitrogens with zero attached hydrogens (tertiary/aromatic N) is 1. The molecule has 1 aliphatic rings. The van der Waals surface area contributed by atoms with Gasteiger partial charge < -0.3 is 5.32 Å². The Hall–Kier alpha value is -1.84. The molecule has 1 aromatic carbocycles. The number of rotatable bonds is 2. The van der Waals surface area contributed by atoms with E-state index in [1.165, 1.54) is 6.07 Å². The number of aromatic nitrogens is 2. The molecule has 0 spiro atoms. The largest absolute Gasteiger partial charge is 0.375 e. The minimum absolute atomic E-state index is 0.0857. The Morgan fingerprint density at radius 3 is 2.94 bits per heavy atom. The van der Waals surface area contributed by atoms with E-state index in [4.69, 9.17) is 0 Å². The van der Waals surface area contributed by atoms with Crippen LogP contribution in [0, 0.1) is 19.7 Å². The Morgan fingerprint density at radius 1 is 1.39 bits per heavy atom. The van der Waals surface area contributed by atoms with Crippen LogP contribution in [-0.2, 0) is 6.42 Å². The molecule has 0 saturated heterocycles. The van der Waals surface area contributed by atoms with Crippen LogP contribution in [0.15, 0.2) is 18.2 Å². The highest BCUT2D eigenvalue weighted by Crippen LogP contribution is 2.36. The maximum atomic E-state index is 13.7. The molecule has 0 amide bonds. The average molecular weight is 245 g/mol. The van der Waals surface area contributed by atoms with Gasteiger partial charge in [-0.1, -0.05) is 12.1 Å². The number of aromatic amines is 1. The number of benzene rings is 1. The molecule has 1 heterocycles. The van der Waals surface area contributed by atoms with Crippen LogP contribution in [0.2, 0.25) is 0 Å². The van der Waals surface area contributed by atoms with Crippen molar-refractivity contribution in [1.82, 2.24) is 10.2 Å². The molecule has 3 rings (SSSR count).